The summed E-state index contributed by atoms with van der Waals surface area (Å²) in [5.74, 6) is -0.225. The number of hydrogen-bond donors (Lipinski definition) is 1. The molecule has 1 unspecified atom stereocenters. The van der Waals surface area contributed by atoms with E-state index in [0.29, 0.717) is 12.1 Å². The standard InChI is InChI=1S/C21H24N4O4S/c1-14-10-16-11-18(7-8-19(16)25(14)21(27)15-5-6-15)30(28,29)24(2)13-20(26)23-17-4-3-9-22-12-17/h3-4,7-9,11-12,14-15H,5-6,10,13H2,1-2H3,(H,23,26). The van der Waals surface area contributed by atoms with Crippen molar-refractivity contribution in [2.45, 2.75) is 37.1 Å². The highest BCUT2D eigenvalue weighted by Crippen LogP contribution is 2.39. The van der Waals surface area contributed by atoms with E-state index in [1.54, 1.807) is 35.4 Å². The van der Waals surface area contributed by atoms with Gasteiger partial charge in [-0.25, -0.2) is 8.42 Å². The third-order valence-corrected chi connectivity index (χ3v) is 7.25. The zero-order valence-electron chi connectivity index (χ0n) is 16.9. The van der Waals surface area contributed by atoms with Gasteiger partial charge in [0.25, 0.3) is 0 Å². The maximum Gasteiger partial charge on any atom is 0.243 e. The first-order valence-corrected chi connectivity index (χ1v) is 11.3. The number of nitrogens with zero attached hydrogens (tertiary/aromatic N) is 3. The minimum Gasteiger partial charge on any atom is -0.324 e. The monoisotopic (exact) mass is 428 g/mol. The molecular formula is C21H24N4O4S. The molecule has 2 aromatic rings. The Kier molecular flexibility index (Phi) is 5.33. The van der Waals surface area contributed by atoms with Crippen molar-refractivity contribution in [2.75, 3.05) is 23.8 Å². The van der Waals surface area contributed by atoms with E-state index in [-0.39, 0.29) is 29.3 Å². The Morgan fingerprint density at radius 1 is 1.27 bits per heavy atom. The predicted molar refractivity (Wildman–Crippen MR) is 113 cm³/mol. The summed E-state index contributed by atoms with van der Waals surface area (Å²) in [6.07, 6.45) is 5.54. The van der Waals surface area contributed by atoms with Gasteiger partial charge in [-0.15, -0.1) is 0 Å². The van der Waals surface area contributed by atoms with E-state index >= 15 is 0 Å². The lowest BCUT2D eigenvalue weighted by Crippen LogP contribution is -2.36. The van der Waals surface area contributed by atoms with Crippen LogP contribution in [0.5, 0.6) is 0 Å². The fraction of sp³-hybridized carbons (Fsp3) is 0.381. The first-order valence-electron chi connectivity index (χ1n) is 9.89. The number of likely N-dealkylation sites (N-methyl/N-ethyl adjacent to an activating group) is 1. The Hall–Kier alpha value is -2.78. The topological polar surface area (TPSA) is 99.7 Å². The summed E-state index contributed by atoms with van der Waals surface area (Å²) >= 11 is 0. The number of benzene rings is 1. The molecule has 1 aromatic heterocycles. The smallest absolute Gasteiger partial charge is 0.243 e. The number of fused-ring (bicyclic) bond motifs is 1. The Morgan fingerprint density at radius 2 is 2.03 bits per heavy atom. The van der Waals surface area contributed by atoms with Gasteiger partial charge >= 0.3 is 0 Å². The van der Waals surface area contributed by atoms with Crippen molar-refractivity contribution in [3.63, 3.8) is 0 Å². The van der Waals surface area contributed by atoms with E-state index in [0.717, 1.165) is 28.4 Å². The highest BCUT2D eigenvalue weighted by Gasteiger charge is 2.40. The maximum absolute atomic E-state index is 13.0. The van der Waals surface area contributed by atoms with E-state index in [4.69, 9.17) is 0 Å². The number of anilines is 2. The van der Waals surface area contributed by atoms with Crippen molar-refractivity contribution >= 4 is 33.2 Å². The second kappa shape index (κ2) is 7.81. The largest absolute Gasteiger partial charge is 0.324 e. The van der Waals surface area contributed by atoms with Gasteiger partial charge in [-0.1, -0.05) is 0 Å². The van der Waals surface area contributed by atoms with Crippen LogP contribution in [-0.2, 0) is 26.0 Å². The first kappa shape index (κ1) is 20.5. The number of carbonyl (C=O) groups excluding carboxylic acids is 2. The van der Waals surface area contributed by atoms with Crippen LogP contribution < -0.4 is 10.2 Å². The molecule has 2 amide bonds. The number of carbonyl (C=O) groups is 2. The summed E-state index contributed by atoms with van der Waals surface area (Å²) in [6, 6.07) is 8.20. The van der Waals surface area contributed by atoms with Crippen LogP contribution in [0.25, 0.3) is 0 Å². The molecule has 4 rings (SSSR count). The number of sulfonamides is 1. The average Bonchev–Trinajstić information content (AvgIpc) is 3.50. The van der Waals surface area contributed by atoms with Crippen LogP contribution in [0.2, 0.25) is 0 Å². The second-order valence-corrected chi connectivity index (χ2v) is 9.92. The van der Waals surface area contributed by atoms with Crippen molar-refractivity contribution in [3.8, 4) is 0 Å². The molecule has 0 bridgehead atoms. The molecule has 1 saturated carbocycles. The van der Waals surface area contributed by atoms with Gasteiger partial charge in [0.1, 0.15) is 0 Å². The van der Waals surface area contributed by atoms with Crippen molar-refractivity contribution < 1.29 is 18.0 Å². The zero-order valence-corrected chi connectivity index (χ0v) is 17.7. The summed E-state index contributed by atoms with van der Waals surface area (Å²) in [5, 5.41) is 2.63. The SMILES string of the molecule is CC1Cc2cc(S(=O)(=O)N(C)CC(=O)Nc3cccnc3)ccc2N1C(=O)C1CC1. The van der Waals surface area contributed by atoms with Crippen molar-refractivity contribution in [2.24, 2.45) is 5.92 Å². The van der Waals surface area contributed by atoms with Crippen LogP contribution in [0.4, 0.5) is 11.4 Å². The van der Waals surface area contributed by atoms with Gasteiger partial charge in [-0.3, -0.25) is 14.6 Å². The summed E-state index contributed by atoms with van der Waals surface area (Å²) in [4.78, 5) is 30.7. The second-order valence-electron chi connectivity index (χ2n) is 7.88. The molecule has 1 N–H and O–H groups in total. The highest BCUT2D eigenvalue weighted by atomic mass is 32.2. The number of hydrogen-bond acceptors (Lipinski definition) is 5. The Bertz CT molecular complexity index is 1080. The number of aromatic nitrogens is 1. The molecule has 0 radical (unpaired) electrons. The molecule has 158 valence electrons. The molecule has 2 aliphatic rings. The van der Waals surface area contributed by atoms with Gasteiger partial charge in [0, 0.05) is 30.9 Å². The molecule has 1 aliphatic heterocycles. The van der Waals surface area contributed by atoms with E-state index in [9.17, 15) is 18.0 Å². The van der Waals surface area contributed by atoms with E-state index in [2.05, 4.69) is 10.3 Å². The summed E-state index contributed by atoms with van der Waals surface area (Å²) in [6.45, 7) is 1.65. The summed E-state index contributed by atoms with van der Waals surface area (Å²) in [5.41, 5.74) is 2.13. The van der Waals surface area contributed by atoms with Gasteiger partial charge in [0.05, 0.1) is 23.3 Å². The fourth-order valence-electron chi connectivity index (χ4n) is 3.74. The van der Waals surface area contributed by atoms with E-state index in [1.165, 1.54) is 19.3 Å². The Balaban J connectivity index is 1.49. The molecule has 9 heteroatoms. The van der Waals surface area contributed by atoms with Crippen molar-refractivity contribution in [3.05, 3.63) is 48.3 Å². The van der Waals surface area contributed by atoms with Gasteiger partial charge < -0.3 is 10.2 Å². The quantitative estimate of drug-likeness (QED) is 0.759. The molecular weight excluding hydrogens is 404 g/mol. The predicted octanol–water partition coefficient (Wildman–Crippen LogP) is 2.03. The minimum absolute atomic E-state index is 0.00837. The molecule has 2 heterocycles. The van der Waals surface area contributed by atoms with Crippen LogP contribution in [-0.4, -0.2) is 49.2 Å². The average molecular weight is 429 g/mol. The third-order valence-electron chi connectivity index (χ3n) is 5.45. The lowest BCUT2D eigenvalue weighted by atomic mass is 10.1. The number of amides is 2. The van der Waals surface area contributed by atoms with Crippen molar-refractivity contribution in [1.82, 2.24) is 9.29 Å². The molecule has 1 fully saturated rings. The molecule has 0 saturated heterocycles. The molecule has 30 heavy (non-hydrogen) atoms. The normalized spacial score (nSPS) is 18.4. The zero-order chi connectivity index (χ0) is 21.5. The molecule has 1 aromatic carbocycles. The van der Waals surface area contributed by atoms with E-state index in [1.807, 2.05) is 6.92 Å². The third kappa shape index (κ3) is 3.95. The van der Waals surface area contributed by atoms with Gasteiger partial charge in [-0.2, -0.15) is 4.31 Å². The number of nitrogens with one attached hydrogen (secondary N) is 1. The van der Waals surface area contributed by atoms with E-state index < -0.39 is 15.9 Å². The minimum atomic E-state index is -3.85. The van der Waals surface area contributed by atoms with Gasteiger partial charge in [0.2, 0.25) is 21.8 Å². The lowest BCUT2D eigenvalue weighted by molar-refractivity contribution is -0.120. The lowest BCUT2D eigenvalue weighted by Gasteiger charge is -2.23. The first-order chi connectivity index (χ1) is 14.3. The van der Waals surface area contributed by atoms with Crippen LogP contribution >= 0.6 is 0 Å². The van der Waals surface area contributed by atoms with Crippen LogP contribution in [0.15, 0.2) is 47.6 Å². The summed E-state index contributed by atoms with van der Waals surface area (Å²) < 4.78 is 27.0. The van der Waals surface area contributed by atoms with Gasteiger partial charge in [0.15, 0.2) is 0 Å². The molecule has 1 atom stereocenters. The Labute approximate surface area is 175 Å². The number of rotatable bonds is 6. The van der Waals surface area contributed by atoms with Crippen LogP contribution in [0.1, 0.15) is 25.3 Å². The Morgan fingerprint density at radius 3 is 2.70 bits per heavy atom. The van der Waals surface area contributed by atoms with Gasteiger partial charge in [-0.05, 0) is 62.1 Å². The van der Waals surface area contributed by atoms with Crippen LogP contribution in [0, 0.1) is 5.92 Å². The fourth-order valence-corrected chi connectivity index (χ4v) is 4.91. The summed E-state index contributed by atoms with van der Waals surface area (Å²) in [7, 11) is -2.48. The van der Waals surface area contributed by atoms with Crippen LogP contribution in [0.3, 0.4) is 0 Å². The van der Waals surface area contributed by atoms with Crippen molar-refractivity contribution in [1.29, 1.82) is 0 Å². The number of pyridine rings is 1. The highest BCUT2D eigenvalue weighted by molar-refractivity contribution is 7.89. The molecule has 8 nitrogen and oxygen atoms in total. The molecule has 1 aliphatic carbocycles. The maximum atomic E-state index is 13.0. The molecule has 0 spiro atoms.